The zero-order valence-electron chi connectivity index (χ0n) is 5.49. The van der Waals surface area contributed by atoms with Crippen molar-refractivity contribution in [1.82, 2.24) is 5.32 Å². The minimum Gasteiger partial charge on any atom is -0.316 e. The van der Waals surface area contributed by atoms with Gasteiger partial charge in [-0.1, -0.05) is 0 Å². The molecule has 1 heterocycles. The second-order valence-electron chi connectivity index (χ2n) is 3.34. The lowest BCUT2D eigenvalue weighted by molar-refractivity contribution is 0.392. The van der Waals surface area contributed by atoms with Crippen molar-refractivity contribution in [3.8, 4) is 0 Å². The molecule has 1 aliphatic carbocycles. The van der Waals surface area contributed by atoms with Gasteiger partial charge in [0, 0.05) is 6.54 Å². The second-order valence-corrected chi connectivity index (χ2v) is 3.34. The highest BCUT2D eigenvalue weighted by molar-refractivity contribution is 5.06. The Morgan fingerprint density at radius 2 is 2.56 bits per heavy atom. The van der Waals surface area contributed by atoms with Gasteiger partial charge in [-0.3, -0.25) is 4.39 Å². The van der Waals surface area contributed by atoms with E-state index < -0.39 is 0 Å². The van der Waals surface area contributed by atoms with Crippen molar-refractivity contribution in [3.05, 3.63) is 0 Å². The van der Waals surface area contributed by atoms with Crippen molar-refractivity contribution in [2.24, 2.45) is 11.3 Å². The largest absolute Gasteiger partial charge is 0.316 e. The Labute approximate surface area is 54.6 Å². The lowest BCUT2D eigenvalue weighted by Gasteiger charge is -2.02. The van der Waals surface area contributed by atoms with Crippen LogP contribution in [0.4, 0.5) is 4.39 Å². The van der Waals surface area contributed by atoms with E-state index >= 15 is 0 Å². The maximum atomic E-state index is 12.0. The van der Waals surface area contributed by atoms with Gasteiger partial charge in [0.05, 0.1) is 6.67 Å². The van der Waals surface area contributed by atoms with Crippen molar-refractivity contribution in [1.29, 1.82) is 0 Å². The van der Waals surface area contributed by atoms with Crippen LogP contribution < -0.4 is 5.32 Å². The maximum absolute atomic E-state index is 12.0. The Morgan fingerprint density at radius 3 is 3.00 bits per heavy atom. The third-order valence-electron chi connectivity index (χ3n) is 2.82. The molecule has 0 aromatic carbocycles. The van der Waals surface area contributed by atoms with Gasteiger partial charge in [0.25, 0.3) is 0 Å². The monoisotopic (exact) mass is 129 g/mol. The molecule has 2 atom stereocenters. The Hall–Kier alpha value is -0.110. The van der Waals surface area contributed by atoms with Gasteiger partial charge in [-0.25, -0.2) is 0 Å². The van der Waals surface area contributed by atoms with E-state index in [-0.39, 0.29) is 6.67 Å². The lowest BCUT2D eigenvalue weighted by atomic mass is 10.0. The van der Waals surface area contributed by atoms with Crippen molar-refractivity contribution < 1.29 is 4.39 Å². The van der Waals surface area contributed by atoms with E-state index in [1.165, 1.54) is 6.42 Å². The highest BCUT2D eigenvalue weighted by atomic mass is 19.1. The molecule has 0 aromatic rings. The number of rotatable bonds is 1. The molecule has 0 radical (unpaired) electrons. The Kier molecular flexibility index (Phi) is 1.06. The molecule has 0 amide bonds. The molecule has 52 valence electrons. The van der Waals surface area contributed by atoms with E-state index in [1.54, 1.807) is 0 Å². The van der Waals surface area contributed by atoms with Crippen LogP contribution in [0.5, 0.6) is 0 Å². The first-order chi connectivity index (χ1) is 4.37. The Bertz CT molecular complexity index is 118. The molecule has 9 heavy (non-hydrogen) atoms. The van der Waals surface area contributed by atoms with Crippen molar-refractivity contribution in [3.63, 3.8) is 0 Å². The molecular formula is C7H12FN. The van der Waals surface area contributed by atoms with E-state index in [1.807, 2.05) is 0 Å². The summed E-state index contributed by atoms with van der Waals surface area (Å²) in [5, 5.41) is 3.27. The van der Waals surface area contributed by atoms with Crippen molar-refractivity contribution in [2.45, 2.75) is 12.8 Å². The van der Waals surface area contributed by atoms with Gasteiger partial charge in [-0.05, 0) is 30.7 Å². The molecule has 2 fully saturated rings. The van der Waals surface area contributed by atoms with Gasteiger partial charge in [-0.15, -0.1) is 0 Å². The van der Waals surface area contributed by atoms with Crippen LogP contribution in [0.1, 0.15) is 12.8 Å². The van der Waals surface area contributed by atoms with Crippen LogP contribution in [0.15, 0.2) is 0 Å². The van der Waals surface area contributed by atoms with Gasteiger partial charge in [-0.2, -0.15) is 0 Å². The maximum Gasteiger partial charge on any atom is 0.0928 e. The highest BCUT2D eigenvalue weighted by Gasteiger charge is 2.54. The quantitative estimate of drug-likeness (QED) is 0.556. The molecule has 1 N–H and O–H groups in total. The standard InChI is InChI=1S/C7H12FN/c8-4-6-3-7(6)1-2-9-5-7/h6,9H,1-5H2. The van der Waals surface area contributed by atoms with Crippen LogP contribution in [-0.4, -0.2) is 19.8 Å². The van der Waals surface area contributed by atoms with Crippen molar-refractivity contribution >= 4 is 0 Å². The molecule has 2 rings (SSSR count). The number of nitrogens with one attached hydrogen (secondary N) is 1. The SMILES string of the molecule is FCC1CC12CCNC2. The van der Waals surface area contributed by atoms with E-state index in [0.717, 1.165) is 19.5 Å². The first-order valence-corrected chi connectivity index (χ1v) is 3.64. The van der Waals surface area contributed by atoms with Crippen LogP contribution in [0.2, 0.25) is 0 Å². The minimum atomic E-state index is -0.0956. The zero-order chi connectivity index (χ0) is 6.32. The van der Waals surface area contributed by atoms with Gasteiger partial charge in [0.2, 0.25) is 0 Å². The van der Waals surface area contributed by atoms with Crippen molar-refractivity contribution in [2.75, 3.05) is 19.8 Å². The fourth-order valence-corrected chi connectivity index (χ4v) is 1.94. The molecule has 2 unspecified atom stereocenters. The van der Waals surface area contributed by atoms with E-state index in [9.17, 15) is 4.39 Å². The Morgan fingerprint density at radius 1 is 1.67 bits per heavy atom. The molecule has 1 nitrogen and oxygen atoms in total. The summed E-state index contributed by atoms with van der Waals surface area (Å²) in [6, 6.07) is 0. The molecular weight excluding hydrogens is 117 g/mol. The predicted molar refractivity (Wildman–Crippen MR) is 34.0 cm³/mol. The van der Waals surface area contributed by atoms with Crippen LogP contribution in [0, 0.1) is 11.3 Å². The summed E-state index contributed by atoms with van der Waals surface area (Å²) in [6.07, 6.45) is 2.35. The lowest BCUT2D eigenvalue weighted by Crippen LogP contribution is -2.11. The number of hydrogen-bond donors (Lipinski definition) is 1. The van der Waals surface area contributed by atoms with E-state index in [0.29, 0.717) is 11.3 Å². The van der Waals surface area contributed by atoms with Gasteiger partial charge >= 0.3 is 0 Å². The average Bonchev–Trinajstić information content (AvgIpc) is 2.30. The van der Waals surface area contributed by atoms with Crippen LogP contribution >= 0.6 is 0 Å². The van der Waals surface area contributed by atoms with E-state index in [2.05, 4.69) is 5.32 Å². The molecule has 1 aliphatic heterocycles. The summed E-state index contributed by atoms with van der Waals surface area (Å²) in [7, 11) is 0. The van der Waals surface area contributed by atoms with E-state index in [4.69, 9.17) is 0 Å². The summed E-state index contributed by atoms with van der Waals surface area (Å²) in [4.78, 5) is 0. The molecule has 0 bridgehead atoms. The molecule has 1 spiro atoms. The van der Waals surface area contributed by atoms with Gasteiger partial charge in [0.1, 0.15) is 0 Å². The smallest absolute Gasteiger partial charge is 0.0928 e. The van der Waals surface area contributed by atoms with Gasteiger partial charge < -0.3 is 5.32 Å². The third kappa shape index (κ3) is 0.692. The first kappa shape index (κ1) is 5.66. The van der Waals surface area contributed by atoms with Crippen LogP contribution in [0.3, 0.4) is 0 Å². The summed E-state index contributed by atoms with van der Waals surface area (Å²) in [5.41, 5.74) is 0.425. The fourth-order valence-electron chi connectivity index (χ4n) is 1.94. The second kappa shape index (κ2) is 1.69. The predicted octanol–water partition coefficient (Wildman–Crippen LogP) is 0.956. The van der Waals surface area contributed by atoms with Gasteiger partial charge in [0.15, 0.2) is 0 Å². The summed E-state index contributed by atoms with van der Waals surface area (Å²) < 4.78 is 12.0. The highest BCUT2D eigenvalue weighted by Crippen LogP contribution is 2.56. The summed E-state index contributed by atoms with van der Waals surface area (Å²) in [5.74, 6) is 0.410. The summed E-state index contributed by atoms with van der Waals surface area (Å²) in [6.45, 7) is 2.08. The number of hydrogen-bond acceptors (Lipinski definition) is 1. The zero-order valence-corrected chi connectivity index (χ0v) is 5.49. The van der Waals surface area contributed by atoms with Crippen LogP contribution in [0.25, 0.3) is 0 Å². The summed E-state index contributed by atoms with van der Waals surface area (Å²) >= 11 is 0. The molecule has 0 aromatic heterocycles. The molecule has 1 saturated carbocycles. The molecule has 2 aliphatic rings. The number of halogens is 1. The Balaban J connectivity index is 1.97. The molecule has 1 saturated heterocycles. The normalized spacial score (nSPS) is 48.3. The average molecular weight is 129 g/mol. The topological polar surface area (TPSA) is 12.0 Å². The number of alkyl halides is 1. The first-order valence-electron chi connectivity index (χ1n) is 3.64. The minimum absolute atomic E-state index is 0.0956. The molecule has 2 heteroatoms. The third-order valence-corrected chi connectivity index (χ3v) is 2.82. The fraction of sp³-hybridized carbons (Fsp3) is 1.00. The van der Waals surface area contributed by atoms with Crippen LogP contribution in [-0.2, 0) is 0 Å².